The molecule has 20 heavy (non-hydrogen) atoms. The molecule has 0 aromatic heterocycles. The van der Waals surface area contributed by atoms with E-state index < -0.39 is 0 Å². The molecule has 4 unspecified atom stereocenters. The van der Waals surface area contributed by atoms with Gasteiger partial charge < -0.3 is 10.4 Å². The predicted molar refractivity (Wildman–Crippen MR) is 81.2 cm³/mol. The van der Waals surface area contributed by atoms with Crippen LogP contribution in [0, 0.1) is 11.8 Å². The number of aliphatic hydroxyl groups excluding tert-OH is 1. The van der Waals surface area contributed by atoms with Crippen LogP contribution in [-0.4, -0.2) is 23.7 Å². The van der Waals surface area contributed by atoms with Crippen molar-refractivity contribution >= 4 is 29.1 Å². The van der Waals surface area contributed by atoms with Crippen LogP contribution in [0.4, 0.5) is 0 Å². The second-order valence-corrected chi connectivity index (χ2v) is 6.33. The third-order valence-corrected chi connectivity index (χ3v) is 4.85. The largest absolute Gasteiger partial charge is 0.396 e. The van der Waals surface area contributed by atoms with Gasteiger partial charge in [-0.15, -0.1) is 0 Å². The van der Waals surface area contributed by atoms with Gasteiger partial charge in [0, 0.05) is 18.6 Å². The van der Waals surface area contributed by atoms with Gasteiger partial charge >= 0.3 is 0 Å². The van der Waals surface area contributed by atoms with Gasteiger partial charge in [0.05, 0.1) is 10.0 Å². The molecule has 1 amide bonds. The summed E-state index contributed by atoms with van der Waals surface area (Å²) in [6.07, 6.45) is 0.798. The van der Waals surface area contributed by atoms with Crippen molar-refractivity contribution in [3.8, 4) is 0 Å². The maximum atomic E-state index is 12.1. The highest BCUT2D eigenvalue weighted by Crippen LogP contribution is 2.50. The van der Waals surface area contributed by atoms with Crippen molar-refractivity contribution in [2.24, 2.45) is 11.8 Å². The Morgan fingerprint density at radius 2 is 2.15 bits per heavy atom. The minimum Gasteiger partial charge on any atom is -0.396 e. The lowest BCUT2D eigenvalue weighted by Crippen LogP contribution is -2.39. The van der Waals surface area contributed by atoms with Crippen molar-refractivity contribution in [1.29, 1.82) is 0 Å². The summed E-state index contributed by atoms with van der Waals surface area (Å²) in [5.74, 6) is 0.182. The molecule has 0 heterocycles. The molecule has 2 N–H and O–H groups in total. The molecule has 1 fully saturated rings. The highest BCUT2D eigenvalue weighted by atomic mass is 35.5. The van der Waals surface area contributed by atoms with Gasteiger partial charge in [0.1, 0.15) is 0 Å². The molecule has 0 spiro atoms. The highest BCUT2D eigenvalue weighted by molar-refractivity contribution is 6.42. The predicted octanol–water partition coefficient (Wildman–Crippen LogP) is 3.23. The van der Waals surface area contributed by atoms with Crippen LogP contribution in [0.15, 0.2) is 18.2 Å². The highest BCUT2D eigenvalue weighted by Gasteiger charge is 2.45. The van der Waals surface area contributed by atoms with E-state index in [1.54, 1.807) is 6.07 Å². The smallest absolute Gasteiger partial charge is 0.223 e. The van der Waals surface area contributed by atoms with Crippen LogP contribution in [0.3, 0.4) is 0 Å². The van der Waals surface area contributed by atoms with Gasteiger partial charge in [-0.05, 0) is 36.8 Å². The van der Waals surface area contributed by atoms with Gasteiger partial charge in [0.15, 0.2) is 0 Å². The fraction of sp³-hybridized carbons (Fsp3) is 0.533. The number of hydrogen-bond acceptors (Lipinski definition) is 2. The van der Waals surface area contributed by atoms with E-state index in [4.69, 9.17) is 28.3 Å². The standard InChI is InChI=1S/C15H19Cl2NO2/c1-8(7-19)9(2)18-15(20)12-6-11(12)10-4-3-5-13(16)14(10)17/h3-5,8-9,11-12,19H,6-7H2,1-2H3,(H,18,20). The van der Waals surface area contributed by atoms with Crippen molar-refractivity contribution < 1.29 is 9.90 Å². The summed E-state index contributed by atoms with van der Waals surface area (Å²) in [5, 5.41) is 13.1. The van der Waals surface area contributed by atoms with Crippen LogP contribution in [0.5, 0.6) is 0 Å². The number of carbonyl (C=O) groups excluding carboxylic acids is 1. The zero-order valence-electron chi connectivity index (χ0n) is 11.6. The quantitative estimate of drug-likeness (QED) is 0.876. The first kappa shape index (κ1) is 15.6. The van der Waals surface area contributed by atoms with E-state index in [-0.39, 0.29) is 36.3 Å². The second kappa shape index (κ2) is 6.33. The minimum absolute atomic E-state index is 0.0267. The van der Waals surface area contributed by atoms with Crippen LogP contribution in [0.1, 0.15) is 31.7 Å². The van der Waals surface area contributed by atoms with E-state index in [2.05, 4.69) is 5.32 Å². The Morgan fingerprint density at radius 3 is 2.80 bits per heavy atom. The molecule has 4 atom stereocenters. The third kappa shape index (κ3) is 3.27. The molecule has 1 aliphatic rings. The van der Waals surface area contributed by atoms with E-state index in [1.807, 2.05) is 26.0 Å². The number of nitrogens with one attached hydrogen (secondary N) is 1. The maximum absolute atomic E-state index is 12.1. The molecule has 0 bridgehead atoms. The molecule has 1 aromatic rings. The van der Waals surface area contributed by atoms with Crippen molar-refractivity contribution in [3.05, 3.63) is 33.8 Å². The normalized spacial score (nSPS) is 24.1. The van der Waals surface area contributed by atoms with Crippen molar-refractivity contribution in [2.45, 2.75) is 32.2 Å². The molecule has 0 aliphatic heterocycles. The van der Waals surface area contributed by atoms with E-state index in [1.165, 1.54) is 0 Å². The molecule has 1 aromatic carbocycles. The summed E-state index contributed by atoms with van der Waals surface area (Å²) in [6.45, 7) is 3.88. The number of amides is 1. The summed E-state index contributed by atoms with van der Waals surface area (Å²) in [6, 6.07) is 5.48. The fourth-order valence-corrected chi connectivity index (χ4v) is 2.72. The van der Waals surface area contributed by atoms with Crippen LogP contribution in [0.2, 0.25) is 10.0 Å². The molecule has 3 nitrogen and oxygen atoms in total. The number of aliphatic hydroxyl groups is 1. The minimum atomic E-state index is -0.0423. The Labute approximate surface area is 129 Å². The van der Waals surface area contributed by atoms with Gasteiger partial charge in [0.25, 0.3) is 0 Å². The zero-order chi connectivity index (χ0) is 14.9. The Hall–Kier alpha value is -0.770. The van der Waals surface area contributed by atoms with E-state index in [9.17, 15) is 4.79 Å². The lowest BCUT2D eigenvalue weighted by atomic mass is 10.0. The van der Waals surface area contributed by atoms with Crippen LogP contribution in [0.25, 0.3) is 0 Å². The third-order valence-electron chi connectivity index (χ3n) is 4.02. The lowest BCUT2D eigenvalue weighted by molar-refractivity contribution is -0.123. The Kier molecular flexibility index (Phi) is 4.95. The molecule has 2 rings (SSSR count). The fourth-order valence-electron chi connectivity index (χ4n) is 2.27. The molecule has 110 valence electrons. The first-order valence-electron chi connectivity index (χ1n) is 6.80. The van der Waals surface area contributed by atoms with Gasteiger partial charge in [-0.3, -0.25) is 4.79 Å². The summed E-state index contributed by atoms with van der Waals surface area (Å²) >= 11 is 12.2. The molecule has 0 saturated heterocycles. The van der Waals surface area contributed by atoms with E-state index >= 15 is 0 Å². The van der Waals surface area contributed by atoms with Crippen LogP contribution >= 0.6 is 23.2 Å². The maximum Gasteiger partial charge on any atom is 0.223 e. The summed E-state index contributed by atoms with van der Waals surface area (Å²) in [5.41, 5.74) is 0.946. The monoisotopic (exact) mass is 315 g/mol. The molecular weight excluding hydrogens is 297 g/mol. The van der Waals surface area contributed by atoms with Crippen LogP contribution < -0.4 is 5.32 Å². The van der Waals surface area contributed by atoms with Gasteiger partial charge in [0.2, 0.25) is 5.91 Å². The first-order valence-corrected chi connectivity index (χ1v) is 7.56. The number of benzene rings is 1. The average Bonchev–Trinajstić information content (AvgIpc) is 3.21. The van der Waals surface area contributed by atoms with Gasteiger partial charge in [-0.25, -0.2) is 0 Å². The van der Waals surface area contributed by atoms with Crippen molar-refractivity contribution in [3.63, 3.8) is 0 Å². The Morgan fingerprint density at radius 1 is 1.45 bits per heavy atom. The average molecular weight is 316 g/mol. The zero-order valence-corrected chi connectivity index (χ0v) is 13.1. The molecule has 0 radical (unpaired) electrons. The first-order chi connectivity index (χ1) is 9.45. The van der Waals surface area contributed by atoms with Gasteiger partial charge in [-0.1, -0.05) is 42.3 Å². The lowest BCUT2D eigenvalue weighted by Gasteiger charge is -2.19. The molecule has 1 aliphatic carbocycles. The SMILES string of the molecule is CC(CO)C(C)NC(=O)C1CC1c1cccc(Cl)c1Cl. The number of rotatable bonds is 5. The number of carbonyl (C=O) groups is 1. The second-order valence-electron chi connectivity index (χ2n) is 5.55. The topological polar surface area (TPSA) is 49.3 Å². The number of halogens is 2. The summed E-state index contributed by atoms with van der Waals surface area (Å²) < 4.78 is 0. The van der Waals surface area contributed by atoms with Crippen LogP contribution in [-0.2, 0) is 4.79 Å². The Bertz CT molecular complexity index is 507. The molecule has 5 heteroatoms. The Balaban J connectivity index is 1.98. The van der Waals surface area contributed by atoms with Gasteiger partial charge in [-0.2, -0.15) is 0 Å². The van der Waals surface area contributed by atoms with E-state index in [0.29, 0.717) is 10.0 Å². The van der Waals surface area contributed by atoms with E-state index in [0.717, 1.165) is 12.0 Å². The molecular formula is C15H19Cl2NO2. The molecule has 1 saturated carbocycles. The number of hydrogen-bond donors (Lipinski definition) is 2. The van der Waals surface area contributed by atoms with Crippen molar-refractivity contribution in [2.75, 3.05) is 6.61 Å². The summed E-state index contributed by atoms with van der Waals surface area (Å²) in [4.78, 5) is 12.1. The summed E-state index contributed by atoms with van der Waals surface area (Å²) in [7, 11) is 0. The van der Waals surface area contributed by atoms with Crippen molar-refractivity contribution in [1.82, 2.24) is 5.32 Å².